The largest absolute Gasteiger partial charge is 0.325 e. The molecule has 0 aliphatic carbocycles. The third kappa shape index (κ3) is 5.14. The van der Waals surface area contributed by atoms with E-state index in [1.54, 1.807) is 25.1 Å². The van der Waals surface area contributed by atoms with E-state index in [0.717, 1.165) is 9.20 Å². The van der Waals surface area contributed by atoms with Gasteiger partial charge in [0, 0.05) is 29.7 Å². The molecule has 0 bridgehead atoms. The number of halogens is 2. The lowest BCUT2D eigenvalue weighted by Gasteiger charge is -2.15. The third-order valence-electron chi connectivity index (χ3n) is 3.45. The fourth-order valence-corrected chi connectivity index (χ4v) is 4.38. The first-order valence-electron chi connectivity index (χ1n) is 7.56. The second kappa shape index (κ2) is 8.63. The van der Waals surface area contributed by atoms with Gasteiger partial charge in [-0.05, 0) is 49.4 Å². The number of benzene rings is 2. The molecule has 0 fully saturated rings. The Hall–Kier alpha value is -1.25. The summed E-state index contributed by atoms with van der Waals surface area (Å²) in [6.07, 6.45) is 0. The van der Waals surface area contributed by atoms with Crippen molar-refractivity contribution in [2.24, 2.45) is 0 Å². The molecular weight excluding hydrogens is 415 g/mol. The highest BCUT2D eigenvalue weighted by Gasteiger charge is 2.22. The zero-order valence-electron chi connectivity index (χ0n) is 14.4. The highest BCUT2D eigenvalue weighted by molar-refractivity contribution is 8.00. The predicted octanol–water partition coefficient (Wildman–Crippen LogP) is 4.36. The smallest absolute Gasteiger partial charge is 0.244 e. The first kappa shape index (κ1) is 21.1. The van der Waals surface area contributed by atoms with Gasteiger partial charge < -0.3 is 5.32 Å². The summed E-state index contributed by atoms with van der Waals surface area (Å²) in [6, 6.07) is 11.5. The standard InChI is InChI=1S/C17H18Cl2N2O3S2/c1-11(25-14-7-4-12(18)5-8-14)17(22)20-13-6-9-15(19)16(10-13)26(23,24)21(2)3/h4-11H,1-3H3,(H,20,22). The van der Waals surface area contributed by atoms with E-state index in [9.17, 15) is 13.2 Å². The minimum Gasteiger partial charge on any atom is -0.325 e. The molecule has 0 aromatic heterocycles. The van der Waals surface area contributed by atoms with E-state index in [4.69, 9.17) is 23.2 Å². The van der Waals surface area contributed by atoms with Gasteiger partial charge in [-0.25, -0.2) is 12.7 Å². The summed E-state index contributed by atoms with van der Waals surface area (Å²) >= 11 is 13.2. The van der Waals surface area contributed by atoms with Gasteiger partial charge in [0.15, 0.2) is 0 Å². The molecule has 26 heavy (non-hydrogen) atoms. The van der Waals surface area contributed by atoms with E-state index in [1.165, 1.54) is 38.0 Å². The van der Waals surface area contributed by atoms with Crippen LogP contribution >= 0.6 is 35.0 Å². The summed E-state index contributed by atoms with van der Waals surface area (Å²) in [7, 11) is -0.870. The number of carbonyl (C=O) groups excluding carboxylic acids is 1. The van der Waals surface area contributed by atoms with E-state index in [1.807, 2.05) is 12.1 Å². The van der Waals surface area contributed by atoms with Crippen LogP contribution in [0.1, 0.15) is 6.92 Å². The van der Waals surface area contributed by atoms with E-state index in [2.05, 4.69) is 5.32 Å². The molecule has 140 valence electrons. The van der Waals surface area contributed by atoms with Crippen LogP contribution in [0.5, 0.6) is 0 Å². The maximum atomic E-state index is 12.4. The highest BCUT2D eigenvalue weighted by Crippen LogP contribution is 2.28. The number of hydrogen-bond donors (Lipinski definition) is 1. The van der Waals surface area contributed by atoms with Crippen LogP contribution in [0.3, 0.4) is 0 Å². The normalized spacial score (nSPS) is 12.8. The Kier molecular flexibility index (Phi) is 6.99. The molecule has 5 nitrogen and oxygen atoms in total. The van der Waals surface area contributed by atoms with Gasteiger partial charge in [-0.2, -0.15) is 0 Å². The molecule has 0 aliphatic heterocycles. The van der Waals surface area contributed by atoms with Crippen LogP contribution in [0, 0.1) is 0 Å². The number of nitrogens with zero attached hydrogens (tertiary/aromatic N) is 1. The molecule has 1 amide bonds. The Bertz CT molecular complexity index is 901. The third-order valence-corrected chi connectivity index (χ3v) is 7.11. The Morgan fingerprint density at radius 3 is 2.31 bits per heavy atom. The first-order chi connectivity index (χ1) is 12.1. The van der Waals surface area contributed by atoms with E-state index in [-0.39, 0.29) is 21.1 Å². The van der Waals surface area contributed by atoms with Crippen molar-refractivity contribution < 1.29 is 13.2 Å². The second-order valence-corrected chi connectivity index (χ2v) is 10.0. The molecule has 0 saturated heterocycles. The molecule has 1 atom stereocenters. The van der Waals surface area contributed by atoms with Gasteiger partial charge in [-0.1, -0.05) is 23.2 Å². The lowest BCUT2D eigenvalue weighted by Crippen LogP contribution is -2.24. The summed E-state index contributed by atoms with van der Waals surface area (Å²) < 4.78 is 25.7. The maximum Gasteiger partial charge on any atom is 0.244 e. The molecule has 0 aliphatic rings. The monoisotopic (exact) mass is 432 g/mol. The highest BCUT2D eigenvalue weighted by atomic mass is 35.5. The number of hydrogen-bond acceptors (Lipinski definition) is 4. The van der Waals surface area contributed by atoms with Gasteiger partial charge in [0.05, 0.1) is 10.3 Å². The Balaban J connectivity index is 2.15. The number of thioether (sulfide) groups is 1. The van der Waals surface area contributed by atoms with Crippen LogP contribution in [-0.4, -0.2) is 38.0 Å². The molecule has 2 aromatic carbocycles. The fourth-order valence-electron chi connectivity index (χ4n) is 1.99. The van der Waals surface area contributed by atoms with E-state index >= 15 is 0 Å². The molecule has 2 aromatic rings. The summed E-state index contributed by atoms with van der Waals surface area (Å²) in [5.74, 6) is -0.250. The molecule has 9 heteroatoms. The van der Waals surface area contributed by atoms with Crippen LogP contribution < -0.4 is 5.32 Å². The van der Waals surface area contributed by atoms with Crippen LogP contribution in [0.25, 0.3) is 0 Å². The van der Waals surface area contributed by atoms with Crippen LogP contribution in [0.2, 0.25) is 10.0 Å². The van der Waals surface area contributed by atoms with Crippen molar-refractivity contribution in [2.75, 3.05) is 19.4 Å². The minimum atomic E-state index is -3.71. The van der Waals surface area contributed by atoms with Gasteiger partial charge in [0.25, 0.3) is 0 Å². The van der Waals surface area contributed by atoms with Crippen molar-refractivity contribution >= 4 is 56.6 Å². The number of anilines is 1. The van der Waals surface area contributed by atoms with Gasteiger partial charge in [0.1, 0.15) is 4.90 Å². The van der Waals surface area contributed by atoms with Crippen molar-refractivity contribution in [1.29, 1.82) is 0 Å². The molecular formula is C17H18Cl2N2O3S2. The summed E-state index contributed by atoms with van der Waals surface area (Å²) in [5, 5.41) is 3.06. The quantitative estimate of drug-likeness (QED) is 0.688. The Morgan fingerprint density at radius 1 is 1.12 bits per heavy atom. The number of amides is 1. The van der Waals surface area contributed by atoms with Crippen LogP contribution in [0.4, 0.5) is 5.69 Å². The van der Waals surface area contributed by atoms with Crippen molar-refractivity contribution in [2.45, 2.75) is 22.0 Å². The minimum absolute atomic E-state index is 0.0556. The van der Waals surface area contributed by atoms with Gasteiger partial charge in [-0.15, -0.1) is 11.8 Å². The van der Waals surface area contributed by atoms with Gasteiger partial charge in [0.2, 0.25) is 15.9 Å². The number of rotatable bonds is 6. The molecule has 0 spiro atoms. The predicted molar refractivity (Wildman–Crippen MR) is 108 cm³/mol. The Morgan fingerprint density at radius 2 is 1.73 bits per heavy atom. The number of carbonyl (C=O) groups is 1. The molecule has 0 saturated carbocycles. The second-order valence-electron chi connectivity index (χ2n) is 5.64. The summed E-state index contributed by atoms with van der Waals surface area (Å²) in [5.41, 5.74) is 0.364. The average molecular weight is 433 g/mol. The zero-order valence-corrected chi connectivity index (χ0v) is 17.5. The van der Waals surface area contributed by atoms with Gasteiger partial charge in [-0.3, -0.25) is 4.79 Å². The average Bonchev–Trinajstić information content (AvgIpc) is 2.58. The van der Waals surface area contributed by atoms with Crippen molar-refractivity contribution in [3.05, 3.63) is 52.5 Å². The maximum absolute atomic E-state index is 12.4. The fraction of sp³-hybridized carbons (Fsp3) is 0.235. The van der Waals surface area contributed by atoms with E-state index < -0.39 is 10.0 Å². The van der Waals surface area contributed by atoms with Crippen molar-refractivity contribution in [3.63, 3.8) is 0 Å². The SMILES string of the molecule is CC(Sc1ccc(Cl)cc1)C(=O)Nc1ccc(Cl)c(S(=O)(=O)N(C)C)c1. The molecule has 0 radical (unpaired) electrons. The zero-order chi connectivity index (χ0) is 19.5. The molecule has 1 N–H and O–H groups in total. The summed E-state index contributed by atoms with van der Waals surface area (Å²) in [4.78, 5) is 13.3. The van der Waals surface area contributed by atoms with Crippen LogP contribution in [-0.2, 0) is 14.8 Å². The number of sulfonamides is 1. The topological polar surface area (TPSA) is 66.5 Å². The summed E-state index contributed by atoms with van der Waals surface area (Å²) in [6.45, 7) is 1.77. The van der Waals surface area contributed by atoms with E-state index in [0.29, 0.717) is 10.7 Å². The molecule has 0 heterocycles. The molecule has 1 unspecified atom stereocenters. The number of nitrogens with one attached hydrogen (secondary N) is 1. The van der Waals surface area contributed by atoms with Crippen molar-refractivity contribution in [1.82, 2.24) is 4.31 Å². The molecule has 2 rings (SSSR count). The lowest BCUT2D eigenvalue weighted by molar-refractivity contribution is -0.115. The first-order valence-corrected chi connectivity index (χ1v) is 10.6. The van der Waals surface area contributed by atoms with Crippen LogP contribution in [0.15, 0.2) is 52.3 Å². The Labute approximate surface area is 167 Å². The van der Waals surface area contributed by atoms with Crippen molar-refractivity contribution in [3.8, 4) is 0 Å². The van der Waals surface area contributed by atoms with Gasteiger partial charge >= 0.3 is 0 Å². The lowest BCUT2D eigenvalue weighted by atomic mass is 10.3.